The van der Waals surface area contributed by atoms with E-state index in [1.54, 1.807) is 0 Å². The zero-order chi connectivity index (χ0) is 13.1. The van der Waals surface area contributed by atoms with Gasteiger partial charge in [-0.2, -0.15) is 0 Å². The van der Waals surface area contributed by atoms with Crippen molar-refractivity contribution in [2.75, 3.05) is 13.6 Å². The number of likely N-dealkylation sites (N-methyl/N-ethyl adjacent to an activating group) is 2. The second kappa shape index (κ2) is 5.17. The summed E-state index contributed by atoms with van der Waals surface area (Å²) in [6.45, 7) is 15.2. The maximum Gasteiger partial charge on any atom is 0.242 e. The summed E-state index contributed by atoms with van der Waals surface area (Å²) in [6.07, 6.45) is 0. The molecule has 3 nitrogen and oxygen atoms in total. The molecule has 1 atom stereocenters. The van der Waals surface area contributed by atoms with Gasteiger partial charge < -0.3 is 10.2 Å². The highest BCUT2D eigenvalue weighted by Crippen LogP contribution is 2.24. The van der Waals surface area contributed by atoms with Crippen LogP contribution < -0.4 is 5.32 Å². The highest BCUT2D eigenvalue weighted by molar-refractivity contribution is 5.85. The summed E-state index contributed by atoms with van der Waals surface area (Å²) in [5.74, 6) is 0.150. The highest BCUT2D eigenvalue weighted by atomic mass is 16.2. The van der Waals surface area contributed by atoms with Crippen LogP contribution in [0.15, 0.2) is 0 Å². The lowest BCUT2D eigenvalue weighted by Gasteiger charge is -2.39. The first kappa shape index (κ1) is 15.4. The van der Waals surface area contributed by atoms with Crippen molar-refractivity contribution in [3.05, 3.63) is 0 Å². The largest absolute Gasteiger partial charge is 0.341 e. The van der Waals surface area contributed by atoms with Gasteiger partial charge in [-0.1, -0.05) is 27.7 Å². The van der Waals surface area contributed by atoms with Crippen LogP contribution in [-0.2, 0) is 4.79 Å². The van der Waals surface area contributed by atoms with Crippen molar-refractivity contribution in [1.82, 2.24) is 10.2 Å². The Morgan fingerprint density at radius 2 is 1.69 bits per heavy atom. The third kappa shape index (κ3) is 3.78. The van der Waals surface area contributed by atoms with Crippen LogP contribution >= 0.6 is 0 Å². The minimum Gasteiger partial charge on any atom is -0.341 e. The molecule has 16 heavy (non-hydrogen) atoms. The highest BCUT2D eigenvalue weighted by Gasteiger charge is 2.34. The van der Waals surface area contributed by atoms with Gasteiger partial charge in [0.2, 0.25) is 5.91 Å². The van der Waals surface area contributed by atoms with Crippen molar-refractivity contribution in [2.45, 2.75) is 60.0 Å². The first-order chi connectivity index (χ1) is 7.04. The lowest BCUT2D eigenvalue weighted by atomic mass is 9.86. The number of nitrogens with zero attached hydrogens (tertiary/aromatic N) is 1. The third-order valence-corrected chi connectivity index (χ3v) is 3.31. The standard InChI is InChI=1S/C13H28N2O/c1-9-14-13(6,7)11(16)15(8)10(2)12(3,4)5/h10,14H,9H2,1-8H3. The molecule has 0 aromatic carbocycles. The predicted molar refractivity (Wildman–Crippen MR) is 69.4 cm³/mol. The molecule has 0 saturated heterocycles. The molecule has 0 aliphatic heterocycles. The van der Waals surface area contributed by atoms with Gasteiger partial charge in [0.25, 0.3) is 0 Å². The number of carbonyl (C=O) groups is 1. The van der Waals surface area contributed by atoms with Crippen LogP contribution in [0.3, 0.4) is 0 Å². The number of hydrogen-bond donors (Lipinski definition) is 1. The summed E-state index contributed by atoms with van der Waals surface area (Å²) < 4.78 is 0. The average Bonchev–Trinajstić information content (AvgIpc) is 2.12. The smallest absolute Gasteiger partial charge is 0.242 e. The third-order valence-electron chi connectivity index (χ3n) is 3.31. The molecule has 0 aromatic rings. The zero-order valence-electron chi connectivity index (χ0n) is 12.1. The molecule has 1 N–H and O–H groups in total. The first-order valence-corrected chi connectivity index (χ1v) is 6.06. The van der Waals surface area contributed by atoms with Crippen LogP contribution in [0.2, 0.25) is 0 Å². The summed E-state index contributed by atoms with van der Waals surface area (Å²) in [7, 11) is 1.89. The van der Waals surface area contributed by atoms with Gasteiger partial charge in [0.1, 0.15) is 0 Å². The average molecular weight is 228 g/mol. The van der Waals surface area contributed by atoms with Gasteiger partial charge in [-0.25, -0.2) is 0 Å². The van der Waals surface area contributed by atoms with Crippen molar-refractivity contribution >= 4 is 5.91 Å². The number of carbonyl (C=O) groups excluding carboxylic acids is 1. The fraction of sp³-hybridized carbons (Fsp3) is 0.923. The van der Waals surface area contributed by atoms with Crippen LogP contribution in [-0.4, -0.2) is 36.0 Å². The SMILES string of the molecule is CCNC(C)(C)C(=O)N(C)C(C)C(C)(C)C. The lowest BCUT2D eigenvalue weighted by molar-refractivity contribution is -0.139. The van der Waals surface area contributed by atoms with Crippen LogP contribution in [0.25, 0.3) is 0 Å². The van der Waals surface area contributed by atoms with Crippen molar-refractivity contribution in [2.24, 2.45) is 5.41 Å². The molecule has 0 heterocycles. The molecule has 0 bridgehead atoms. The molecular formula is C13H28N2O. The summed E-state index contributed by atoms with van der Waals surface area (Å²) in [6, 6.07) is 0.220. The summed E-state index contributed by atoms with van der Waals surface area (Å²) in [5.41, 5.74) is -0.379. The van der Waals surface area contributed by atoms with E-state index in [0.29, 0.717) is 0 Å². The second-order valence-corrected chi connectivity index (χ2v) is 6.11. The number of hydrogen-bond acceptors (Lipinski definition) is 2. The molecule has 0 rings (SSSR count). The van der Waals surface area contributed by atoms with Gasteiger partial charge in [0.05, 0.1) is 5.54 Å². The Balaban J connectivity index is 4.74. The van der Waals surface area contributed by atoms with E-state index in [2.05, 4.69) is 33.0 Å². The molecule has 0 spiro atoms. The Hall–Kier alpha value is -0.570. The lowest BCUT2D eigenvalue weighted by Crippen LogP contribution is -2.56. The molecule has 0 aliphatic carbocycles. The normalized spacial score (nSPS) is 14.8. The fourth-order valence-corrected chi connectivity index (χ4v) is 1.72. The number of amides is 1. The molecule has 0 fully saturated rings. The Morgan fingerprint density at radius 3 is 2.00 bits per heavy atom. The van der Waals surface area contributed by atoms with Crippen LogP contribution in [0, 0.1) is 5.41 Å². The summed E-state index contributed by atoms with van der Waals surface area (Å²) in [4.78, 5) is 14.2. The maximum atomic E-state index is 12.3. The first-order valence-electron chi connectivity index (χ1n) is 6.06. The van der Waals surface area contributed by atoms with E-state index in [0.717, 1.165) is 6.54 Å². The Labute approximate surface area is 101 Å². The Bertz CT molecular complexity index is 241. The van der Waals surface area contributed by atoms with Crippen LogP contribution in [0.4, 0.5) is 0 Å². The van der Waals surface area contributed by atoms with E-state index in [9.17, 15) is 4.79 Å². The molecule has 3 heteroatoms. The maximum absolute atomic E-state index is 12.3. The van der Waals surface area contributed by atoms with Crippen molar-refractivity contribution in [1.29, 1.82) is 0 Å². The Kier molecular flexibility index (Phi) is 4.99. The quantitative estimate of drug-likeness (QED) is 0.800. The van der Waals surface area contributed by atoms with E-state index < -0.39 is 5.54 Å². The van der Waals surface area contributed by atoms with Gasteiger partial charge in [0, 0.05) is 13.1 Å². The topological polar surface area (TPSA) is 32.3 Å². The van der Waals surface area contributed by atoms with Crippen molar-refractivity contribution in [3.63, 3.8) is 0 Å². The van der Waals surface area contributed by atoms with Gasteiger partial charge in [-0.3, -0.25) is 4.79 Å². The molecule has 1 unspecified atom stereocenters. The van der Waals surface area contributed by atoms with E-state index in [1.165, 1.54) is 0 Å². The van der Waals surface area contributed by atoms with Gasteiger partial charge >= 0.3 is 0 Å². The molecule has 1 amide bonds. The number of nitrogens with one attached hydrogen (secondary N) is 1. The minimum absolute atomic E-state index is 0.104. The van der Waals surface area contributed by atoms with E-state index in [-0.39, 0.29) is 17.4 Å². The van der Waals surface area contributed by atoms with Crippen LogP contribution in [0.1, 0.15) is 48.5 Å². The van der Waals surface area contributed by atoms with Gasteiger partial charge in [0.15, 0.2) is 0 Å². The van der Waals surface area contributed by atoms with E-state index >= 15 is 0 Å². The summed E-state index contributed by atoms with van der Waals surface area (Å²) in [5, 5.41) is 3.22. The molecule has 0 saturated carbocycles. The van der Waals surface area contributed by atoms with E-state index in [4.69, 9.17) is 0 Å². The zero-order valence-corrected chi connectivity index (χ0v) is 12.1. The fourth-order valence-electron chi connectivity index (χ4n) is 1.72. The number of rotatable bonds is 4. The second-order valence-electron chi connectivity index (χ2n) is 6.11. The predicted octanol–water partition coefficient (Wildman–Crippen LogP) is 2.27. The molecule has 0 aromatic heterocycles. The Morgan fingerprint density at radius 1 is 1.25 bits per heavy atom. The van der Waals surface area contributed by atoms with Crippen molar-refractivity contribution < 1.29 is 4.79 Å². The van der Waals surface area contributed by atoms with Crippen LogP contribution in [0.5, 0.6) is 0 Å². The van der Waals surface area contributed by atoms with Crippen molar-refractivity contribution in [3.8, 4) is 0 Å². The molecular weight excluding hydrogens is 200 g/mol. The molecule has 0 radical (unpaired) electrons. The van der Waals surface area contributed by atoms with Gasteiger partial charge in [-0.05, 0) is 32.7 Å². The summed E-state index contributed by atoms with van der Waals surface area (Å²) >= 11 is 0. The molecule has 96 valence electrons. The molecule has 0 aliphatic rings. The van der Waals surface area contributed by atoms with E-state index in [1.807, 2.05) is 32.7 Å². The van der Waals surface area contributed by atoms with Gasteiger partial charge in [-0.15, -0.1) is 0 Å². The monoisotopic (exact) mass is 228 g/mol. The minimum atomic E-state index is -0.483.